The molecule has 59 heavy (non-hydrogen) atoms. The number of rotatable bonds is 5. The van der Waals surface area contributed by atoms with E-state index in [0.29, 0.717) is 41.3 Å². The second-order valence-corrected chi connectivity index (χ2v) is 15.1. The number of amides is 1. The van der Waals surface area contributed by atoms with Crippen molar-refractivity contribution in [2.75, 3.05) is 0 Å². The first-order valence-corrected chi connectivity index (χ1v) is 19.7. The van der Waals surface area contributed by atoms with Gasteiger partial charge < -0.3 is 26.4 Å². The molecule has 0 saturated heterocycles. The molecule has 302 valence electrons. The van der Waals surface area contributed by atoms with Gasteiger partial charge >= 0.3 is 5.97 Å². The van der Waals surface area contributed by atoms with Crippen LogP contribution in [-0.2, 0) is 0 Å². The van der Waals surface area contributed by atoms with Crippen LogP contribution in [0.4, 0.5) is 0 Å². The Hall–Kier alpha value is -5.92. The van der Waals surface area contributed by atoms with Gasteiger partial charge in [0.2, 0.25) is 0 Å². The van der Waals surface area contributed by atoms with Gasteiger partial charge in [0.05, 0.1) is 11.8 Å². The third-order valence-corrected chi connectivity index (χ3v) is 9.91. The minimum Gasteiger partial charge on any atom is -0.476 e. The summed E-state index contributed by atoms with van der Waals surface area (Å²) in [7, 11) is 0. The summed E-state index contributed by atoms with van der Waals surface area (Å²) < 4.78 is 0. The normalized spacial score (nSPS) is 20.6. The summed E-state index contributed by atoms with van der Waals surface area (Å²) in [6.07, 6.45) is 11.5. The van der Waals surface area contributed by atoms with E-state index in [1.54, 1.807) is 60.7 Å². The fourth-order valence-electron chi connectivity index (χ4n) is 6.59. The molecule has 6 N–H and O–H groups in total. The van der Waals surface area contributed by atoms with Crippen LogP contribution >= 0.6 is 23.2 Å². The molecular formula is C46H43Cl2N5O6. The Morgan fingerprint density at radius 1 is 0.746 bits per heavy atom. The highest BCUT2D eigenvalue weighted by Gasteiger charge is 2.34. The van der Waals surface area contributed by atoms with Gasteiger partial charge in [-0.1, -0.05) is 89.3 Å². The van der Waals surface area contributed by atoms with Gasteiger partial charge in [0, 0.05) is 70.3 Å². The maximum Gasteiger partial charge on any atom is 0.355 e. The summed E-state index contributed by atoms with van der Waals surface area (Å²) in [5, 5.41) is 34.2. The number of halogens is 2. The summed E-state index contributed by atoms with van der Waals surface area (Å²) in [5.74, 6) is 10.0. The number of hydrogen-bond donors (Lipinski definition) is 5. The van der Waals surface area contributed by atoms with Crippen LogP contribution in [0.5, 0.6) is 0 Å². The summed E-state index contributed by atoms with van der Waals surface area (Å²) in [6.45, 7) is 0. The number of nitrogens with one attached hydrogen (secondary N) is 1. The van der Waals surface area contributed by atoms with Crippen molar-refractivity contribution in [3.05, 3.63) is 159 Å². The zero-order valence-electron chi connectivity index (χ0n) is 32.0. The number of carbonyl (C=O) groups is 3. The molecule has 2 aliphatic carbocycles. The van der Waals surface area contributed by atoms with E-state index in [1.807, 2.05) is 24.3 Å². The molecule has 3 aromatic carbocycles. The van der Waals surface area contributed by atoms with Crippen molar-refractivity contribution in [3.63, 3.8) is 0 Å². The van der Waals surface area contributed by atoms with Crippen LogP contribution in [0.1, 0.15) is 99.4 Å². The first kappa shape index (κ1) is 44.2. The fraction of sp³-hybridized carbons (Fsp3) is 0.261. The molecule has 5 aromatic rings. The van der Waals surface area contributed by atoms with Gasteiger partial charge in [-0.25, -0.2) is 14.8 Å². The molecule has 2 saturated carbocycles. The lowest BCUT2D eigenvalue weighted by Gasteiger charge is -2.33. The van der Waals surface area contributed by atoms with Crippen molar-refractivity contribution in [1.82, 2.24) is 20.3 Å². The highest BCUT2D eigenvalue weighted by atomic mass is 35.5. The van der Waals surface area contributed by atoms with Crippen molar-refractivity contribution in [2.24, 2.45) is 5.73 Å². The molecule has 2 heterocycles. The number of hydrogen-bond acceptors (Lipinski definition) is 9. The number of carbonyl (C=O) groups excluding carboxylic acids is 2. The van der Waals surface area contributed by atoms with E-state index in [-0.39, 0.29) is 40.7 Å². The van der Waals surface area contributed by atoms with Crippen LogP contribution in [0.25, 0.3) is 0 Å². The van der Waals surface area contributed by atoms with E-state index >= 15 is 0 Å². The van der Waals surface area contributed by atoms with Gasteiger partial charge in [-0.2, -0.15) is 0 Å². The summed E-state index contributed by atoms with van der Waals surface area (Å²) in [5.41, 5.74) is 5.97. The van der Waals surface area contributed by atoms with E-state index in [0.717, 1.165) is 36.8 Å². The van der Waals surface area contributed by atoms with Crippen LogP contribution in [-0.4, -0.2) is 71.2 Å². The van der Waals surface area contributed by atoms with E-state index < -0.39 is 17.2 Å². The van der Waals surface area contributed by atoms with Gasteiger partial charge in [-0.05, 0) is 87.1 Å². The first-order chi connectivity index (χ1) is 28.3. The molecule has 11 nitrogen and oxygen atoms in total. The average molecular weight is 833 g/mol. The number of carboxylic acid groups (broad SMARTS) is 1. The number of aromatic nitrogens is 3. The van der Waals surface area contributed by atoms with Crippen LogP contribution in [0.2, 0.25) is 10.0 Å². The number of nitrogens with zero attached hydrogens (tertiary/aromatic N) is 3. The number of ketones is 1. The van der Waals surface area contributed by atoms with E-state index in [1.165, 1.54) is 30.9 Å². The SMILES string of the molecule is N[C@H]1CCC[C@@](O)(C#Cc2cccc(Cl)c2)C1.O=C(N[C@H]1CCC[C@@](O)(C#Cc2cccc(Cl)c2)C1)c1cnccn1.O=C(c1ccccc1)c1cccnc1C(=O)O. The zero-order valence-corrected chi connectivity index (χ0v) is 33.5. The lowest BCUT2D eigenvalue weighted by Crippen LogP contribution is -2.45. The number of carboxylic acids is 1. The van der Waals surface area contributed by atoms with Crippen LogP contribution in [0.3, 0.4) is 0 Å². The minimum atomic E-state index is -1.20. The Bertz CT molecular complexity index is 2360. The van der Waals surface area contributed by atoms with Crippen molar-refractivity contribution < 1.29 is 29.7 Å². The third kappa shape index (κ3) is 13.9. The number of aromatic carboxylic acids is 1. The van der Waals surface area contributed by atoms with Gasteiger partial charge in [0.1, 0.15) is 16.9 Å². The number of nitrogens with two attached hydrogens (primary N) is 1. The van der Waals surface area contributed by atoms with E-state index in [2.05, 4.69) is 44.0 Å². The number of benzene rings is 3. The van der Waals surface area contributed by atoms with Gasteiger partial charge in [0.15, 0.2) is 11.5 Å². The second kappa shape index (κ2) is 21.2. The summed E-state index contributed by atoms with van der Waals surface area (Å²) in [4.78, 5) is 46.8. The van der Waals surface area contributed by atoms with Gasteiger partial charge in [-0.15, -0.1) is 0 Å². The van der Waals surface area contributed by atoms with Crippen molar-refractivity contribution in [2.45, 2.75) is 74.7 Å². The number of aliphatic hydroxyl groups is 2. The Kier molecular flexibility index (Phi) is 15.9. The smallest absolute Gasteiger partial charge is 0.355 e. The average Bonchev–Trinajstić information content (AvgIpc) is 3.23. The third-order valence-electron chi connectivity index (χ3n) is 9.44. The molecule has 2 fully saturated rings. The molecule has 0 unspecified atom stereocenters. The summed E-state index contributed by atoms with van der Waals surface area (Å²) in [6, 6.07) is 26.0. The van der Waals surface area contributed by atoms with Crippen LogP contribution in [0.15, 0.2) is 116 Å². The second-order valence-electron chi connectivity index (χ2n) is 14.2. The minimum absolute atomic E-state index is 0.0578. The fourth-order valence-corrected chi connectivity index (χ4v) is 6.97. The maximum atomic E-state index is 12.2. The van der Waals surface area contributed by atoms with Crippen LogP contribution < -0.4 is 11.1 Å². The molecule has 13 heteroatoms. The van der Waals surface area contributed by atoms with E-state index in [4.69, 9.17) is 34.0 Å². The standard InChI is InChI=1S/C19H18ClN3O2.C14H16ClNO.C13H9NO3/c20-15-4-1-3-14(11-15)6-8-19(25)7-2-5-16(12-19)23-18(24)17-13-21-9-10-22-17;15-12-4-1-3-11(9-12)6-8-14(17)7-2-5-13(16)10-14;15-12(9-5-2-1-3-6-9)10-7-4-8-14-11(10)13(16)17/h1,3-4,9-11,13,16,25H,2,5,7,12H2,(H,23,24);1,3-4,9,13,17H,2,5,7,10,16H2;1-8H,(H,16,17)/t16-,19+;13-,14+;/m00./s1. The monoisotopic (exact) mass is 831 g/mol. The predicted octanol–water partition coefficient (Wildman–Crippen LogP) is 6.92. The highest BCUT2D eigenvalue weighted by molar-refractivity contribution is 6.31. The quantitative estimate of drug-likeness (QED) is 0.0919. The topological polar surface area (TPSA) is 189 Å². The molecule has 7 rings (SSSR count). The van der Waals surface area contributed by atoms with Gasteiger partial charge in [0.25, 0.3) is 5.91 Å². The molecule has 0 bridgehead atoms. The maximum absolute atomic E-state index is 12.2. The molecule has 2 aliphatic rings. The molecular weight excluding hydrogens is 789 g/mol. The summed E-state index contributed by atoms with van der Waals surface area (Å²) >= 11 is 11.8. The van der Waals surface area contributed by atoms with E-state index in [9.17, 15) is 24.6 Å². The lowest BCUT2D eigenvalue weighted by atomic mass is 9.82. The van der Waals surface area contributed by atoms with Gasteiger partial charge in [-0.3, -0.25) is 14.6 Å². The first-order valence-electron chi connectivity index (χ1n) is 18.9. The Labute approximate surface area is 353 Å². The zero-order chi connectivity index (χ0) is 42.3. The predicted molar refractivity (Wildman–Crippen MR) is 226 cm³/mol. The Balaban J connectivity index is 0.000000173. The number of pyridine rings is 1. The molecule has 4 atom stereocenters. The molecule has 0 radical (unpaired) electrons. The van der Waals surface area contributed by atoms with Crippen LogP contribution in [0, 0.1) is 23.7 Å². The van der Waals surface area contributed by atoms with Crippen molar-refractivity contribution >= 4 is 40.9 Å². The molecule has 0 aliphatic heterocycles. The largest absolute Gasteiger partial charge is 0.476 e. The Morgan fingerprint density at radius 2 is 1.37 bits per heavy atom. The van der Waals surface area contributed by atoms with Crippen molar-refractivity contribution in [3.8, 4) is 23.7 Å². The molecule has 0 spiro atoms. The highest BCUT2D eigenvalue weighted by Crippen LogP contribution is 2.29. The Morgan fingerprint density at radius 3 is 1.95 bits per heavy atom. The molecule has 2 aromatic heterocycles. The van der Waals surface area contributed by atoms with Crippen molar-refractivity contribution in [1.29, 1.82) is 0 Å². The molecule has 1 amide bonds. The lowest BCUT2D eigenvalue weighted by molar-refractivity contribution is 0.0450.